The number of nitrogens with zero attached hydrogens (tertiary/aromatic N) is 2. The monoisotopic (exact) mass is 398 g/mol. The highest BCUT2D eigenvalue weighted by Gasteiger charge is 2.67. The van der Waals surface area contributed by atoms with Crippen LogP contribution in [0.5, 0.6) is 5.75 Å². The normalized spacial score (nSPS) is 33.1. The van der Waals surface area contributed by atoms with Crippen LogP contribution in [-0.2, 0) is 16.2 Å². The van der Waals surface area contributed by atoms with Crippen LogP contribution in [0.1, 0.15) is 17.5 Å². The first-order valence-electron chi connectivity index (χ1n) is 10.6. The molecule has 2 bridgehead atoms. The highest BCUT2D eigenvalue weighted by Crippen LogP contribution is 2.65. The Morgan fingerprint density at radius 1 is 0.933 bits per heavy atom. The van der Waals surface area contributed by atoms with Gasteiger partial charge < -0.3 is 4.74 Å². The summed E-state index contributed by atoms with van der Waals surface area (Å²) in [6.07, 6.45) is 7.09. The van der Waals surface area contributed by atoms with Gasteiger partial charge in [-0.25, -0.2) is 0 Å². The molecule has 0 unspecified atom stereocenters. The van der Waals surface area contributed by atoms with Crippen molar-refractivity contribution in [1.82, 2.24) is 5.01 Å². The zero-order chi connectivity index (χ0) is 20.2. The fraction of sp³-hybridized carbons (Fsp3) is 0.320. The number of benzene rings is 2. The number of ether oxygens (including phenoxy) is 1. The number of hydrogen-bond donors (Lipinski definition) is 0. The molecule has 0 radical (unpaired) electrons. The van der Waals surface area contributed by atoms with Crippen molar-refractivity contribution in [1.29, 1.82) is 0 Å². The molecule has 7 rings (SSSR count). The van der Waals surface area contributed by atoms with E-state index in [0.29, 0.717) is 18.4 Å². The summed E-state index contributed by atoms with van der Waals surface area (Å²) < 4.78 is 5.86. The third kappa shape index (κ3) is 2.72. The van der Waals surface area contributed by atoms with Crippen molar-refractivity contribution in [2.24, 2.45) is 40.6 Å². The van der Waals surface area contributed by atoms with Crippen molar-refractivity contribution < 1.29 is 14.3 Å². The lowest BCUT2D eigenvalue weighted by atomic mass is 9.63. The quantitative estimate of drug-likeness (QED) is 0.439. The Kier molecular flexibility index (Phi) is 3.91. The van der Waals surface area contributed by atoms with E-state index in [-0.39, 0.29) is 35.5 Å². The molecular formula is C25H22N2O3. The van der Waals surface area contributed by atoms with Gasteiger partial charge in [0.05, 0.1) is 18.1 Å². The van der Waals surface area contributed by atoms with E-state index in [2.05, 4.69) is 17.3 Å². The largest absolute Gasteiger partial charge is 0.489 e. The molecule has 2 saturated carbocycles. The Labute approximate surface area is 175 Å². The molecule has 0 spiro atoms. The Bertz CT molecular complexity index is 1040. The zero-order valence-corrected chi connectivity index (χ0v) is 16.4. The van der Waals surface area contributed by atoms with Gasteiger partial charge in [-0.15, -0.1) is 0 Å². The first-order chi connectivity index (χ1) is 14.7. The molecule has 1 saturated heterocycles. The van der Waals surface area contributed by atoms with Crippen molar-refractivity contribution in [3.63, 3.8) is 0 Å². The van der Waals surface area contributed by atoms with Gasteiger partial charge in [0, 0.05) is 0 Å². The highest BCUT2D eigenvalue weighted by molar-refractivity contribution is 6.06. The van der Waals surface area contributed by atoms with Crippen molar-refractivity contribution in [2.75, 3.05) is 0 Å². The molecule has 1 aliphatic heterocycles. The Morgan fingerprint density at radius 3 is 2.33 bits per heavy atom. The Morgan fingerprint density at radius 2 is 1.63 bits per heavy atom. The molecule has 0 N–H and O–H groups in total. The van der Waals surface area contributed by atoms with E-state index in [1.165, 1.54) is 0 Å². The standard InChI is InChI=1S/C25H22N2O3/c28-24-22-18-9-10-19(21-12-20(18)21)23(22)25(29)27(24)26-13-16-7-4-8-17(11-16)30-14-15-5-2-1-3-6-15/h1-11,13,18-23H,12,14H2/b26-13-/t18-,19-,20-,21-,22-,23+/m0/s1. The van der Waals surface area contributed by atoms with Gasteiger partial charge in [-0.3, -0.25) is 9.59 Å². The molecule has 6 atom stereocenters. The summed E-state index contributed by atoms with van der Waals surface area (Å²) in [5, 5.41) is 5.42. The fourth-order valence-corrected chi connectivity index (χ4v) is 5.60. The molecule has 5 heteroatoms. The van der Waals surface area contributed by atoms with Crippen LogP contribution in [-0.4, -0.2) is 23.0 Å². The molecule has 1 heterocycles. The van der Waals surface area contributed by atoms with Gasteiger partial charge in [0.25, 0.3) is 11.8 Å². The Hall–Kier alpha value is -3.21. The number of hydrazone groups is 1. The minimum atomic E-state index is -0.214. The fourth-order valence-electron chi connectivity index (χ4n) is 5.60. The van der Waals surface area contributed by atoms with Gasteiger partial charge in [0.1, 0.15) is 12.4 Å². The summed E-state index contributed by atoms with van der Waals surface area (Å²) in [7, 11) is 0. The zero-order valence-electron chi connectivity index (χ0n) is 16.4. The van der Waals surface area contributed by atoms with Gasteiger partial charge in [-0.2, -0.15) is 10.1 Å². The predicted octanol–water partition coefficient (Wildman–Crippen LogP) is 3.65. The molecule has 4 aliphatic carbocycles. The topological polar surface area (TPSA) is 59.0 Å². The average Bonchev–Trinajstić information content (AvgIpc) is 3.57. The first kappa shape index (κ1) is 17.6. The molecule has 150 valence electrons. The number of carbonyl (C=O) groups is 2. The summed E-state index contributed by atoms with van der Waals surface area (Å²) in [5.74, 6) is 1.65. The van der Waals surface area contributed by atoms with Crippen LogP contribution >= 0.6 is 0 Å². The molecule has 0 aromatic heterocycles. The average molecular weight is 398 g/mol. The van der Waals surface area contributed by atoms with Crippen molar-refractivity contribution >= 4 is 18.0 Å². The van der Waals surface area contributed by atoms with E-state index in [1.54, 1.807) is 6.21 Å². The van der Waals surface area contributed by atoms with Crippen molar-refractivity contribution in [2.45, 2.75) is 13.0 Å². The number of rotatable bonds is 5. The highest BCUT2D eigenvalue weighted by atomic mass is 16.5. The molecule has 5 nitrogen and oxygen atoms in total. The van der Waals surface area contributed by atoms with E-state index >= 15 is 0 Å². The lowest BCUT2D eigenvalue weighted by molar-refractivity contribution is -0.140. The maximum atomic E-state index is 13.0. The van der Waals surface area contributed by atoms with Crippen LogP contribution < -0.4 is 4.74 Å². The maximum Gasteiger partial charge on any atom is 0.254 e. The molecule has 30 heavy (non-hydrogen) atoms. The van der Waals surface area contributed by atoms with E-state index in [9.17, 15) is 9.59 Å². The van der Waals surface area contributed by atoms with Crippen LogP contribution in [0.4, 0.5) is 0 Å². The minimum Gasteiger partial charge on any atom is -0.489 e. The van der Waals surface area contributed by atoms with E-state index < -0.39 is 0 Å². The Balaban J connectivity index is 1.17. The van der Waals surface area contributed by atoms with Crippen LogP contribution in [0, 0.1) is 35.5 Å². The van der Waals surface area contributed by atoms with Crippen molar-refractivity contribution in [3.8, 4) is 5.75 Å². The number of hydrogen-bond acceptors (Lipinski definition) is 4. The molecule has 2 amide bonds. The summed E-state index contributed by atoms with van der Waals surface area (Å²) in [6, 6.07) is 17.5. The van der Waals surface area contributed by atoms with E-state index in [4.69, 9.17) is 4.74 Å². The van der Waals surface area contributed by atoms with Crippen molar-refractivity contribution in [3.05, 3.63) is 77.9 Å². The number of allylic oxidation sites excluding steroid dienone is 2. The number of imide groups is 1. The second-order valence-corrected chi connectivity index (χ2v) is 8.73. The van der Waals surface area contributed by atoms with E-state index in [0.717, 1.165) is 28.3 Å². The summed E-state index contributed by atoms with van der Waals surface area (Å²) in [5.41, 5.74) is 1.88. The van der Waals surface area contributed by atoms with Crippen LogP contribution in [0.15, 0.2) is 71.9 Å². The molecule has 3 fully saturated rings. The number of carbonyl (C=O) groups excluding carboxylic acids is 2. The van der Waals surface area contributed by atoms with Crippen LogP contribution in [0.3, 0.4) is 0 Å². The van der Waals surface area contributed by atoms with Gasteiger partial charge in [-0.1, -0.05) is 54.6 Å². The SMILES string of the molecule is O=C1[C@@H]2[C@H]3C=C[C@@H]([C@@H]4C[C@@H]34)[C@@H]2C(=O)N1/N=C\c1cccc(OCc2ccccc2)c1. The van der Waals surface area contributed by atoms with Crippen LogP contribution in [0.25, 0.3) is 0 Å². The smallest absolute Gasteiger partial charge is 0.254 e. The summed E-state index contributed by atoms with van der Waals surface area (Å²) in [4.78, 5) is 26.0. The minimum absolute atomic E-state index is 0.137. The van der Waals surface area contributed by atoms with Crippen LogP contribution in [0.2, 0.25) is 0 Å². The lowest BCUT2D eigenvalue weighted by Crippen LogP contribution is -2.40. The van der Waals surface area contributed by atoms with Gasteiger partial charge in [0.2, 0.25) is 0 Å². The first-order valence-corrected chi connectivity index (χ1v) is 10.6. The second-order valence-electron chi connectivity index (χ2n) is 8.73. The summed E-state index contributed by atoms with van der Waals surface area (Å²) in [6.45, 7) is 0.478. The molecule has 2 aromatic rings. The van der Waals surface area contributed by atoms with E-state index in [1.807, 2.05) is 54.6 Å². The van der Waals surface area contributed by atoms with Gasteiger partial charge >= 0.3 is 0 Å². The third-order valence-electron chi connectivity index (χ3n) is 7.07. The van der Waals surface area contributed by atoms with Gasteiger partial charge in [0.15, 0.2) is 0 Å². The van der Waals surface area contributed by atoms with Gasteiger partial charge in [-0.05, 0) is 53.4 Å². The lowest BCUT2D eigenvalue weighted by Gasteiger charge is -2.37. The summed E-state index contributed by atoms with van der Waals surface area (Å²) >= 11 is 0. The number of amides is 2. The molecular weight excluding hydrogens is 376 g/mol. The molecule has 5 aliphatic rings. The third-order valence-corrected chi connectivity index (χ3v) is 7.07. The predicted molar refractivity (Wildman–Crippen MR) is 111 cm³/mol. The second kappa shape index (κ2) is 6.66. The maximum absolute atomic E-state index is 13.0. The molecule has 2 aromatic carbocycles.